The number of benzene rings is 1. The fraction of sp³-hybridized carbons (Fsp3) is 0.435. The second-order valence-corrected chi connectivity index (χ2v) is 10.1. The van der Waals surface area contributed by atoms with Gasteiger partial charge in [0.15, 0.2) is 0 Å². The maximum absolute atomic E-state index is 12.9. The molecule has 34 heavy (non-hydrogen) atoms. The van der Waals surface area contributed by atoms with Crippen molar-refractivity contribution in [2.24, 2.45) is 5.92 Å². The van der Waals surface area contributed by atoms with Crippen molar-refractivity contribution in [1.29, 1.82) is 0 Å². The van der Waals surface area contributed by atoms with Gasteiger partial charge in [0.1, 0.15) is 6.04 Å². The van der Waals surface area contributed by atoms with Crippen molar-refractivity contribution in [2.75, 3.05) is 33.4 Å². The minimum Gasteiger partial charge on any atom is -0.481 e. The quantitative estimate of drug-likeness (QED) is 0.540. The molecule has 0 spiro atoms. The summed E-state index contributed by atoms with van der Waals surface area (Å²) in [6.45, 7) is 5.06. The standard InChI is InChI=1S/C23H30N4O6S/c1-16(2)21(23(29)25-15-17-7-8-24-20(13-17)32-3)26-22(28)18-5-4-6-19(14-18)34(30,31)27-9-11-33-12-10-27/h4-8,13-14,16,21H,9-12,15H2,1-3H3,(H,25,29)(H,26,28)/t21-/m0/s1. The van der Waals surface area contributed by atoms with Gasteiger partial charge in [0.25, 0.3) is 5.91 Å². The highest BCUT2D eigenvalue weighted by atomic mass is 32.2. The van der Waals surface area contributed by atoms with Gasteiger partial charge in [-0.1, -0.05) is 19.9 Å². The Morgan fingerprint density at radius 1 is 1.18 bits per heavy atom. The topological polar surface area (TPSA) is 127 Å². The van der Waals surface area contributed by atoms with E-state index in [2.05, 4.69) is 15.6 Å². The average molecular weight is 491 g/mol. The van der Waals surface area contributed by atoms with E-state index in [9.17, 15) is 18.0 Å². The van der Waals surface area contributed by atoms with Crippen LogP contribution in [-0.4, -0.2) is 69.0 Å². The molecule has 0 saturated carbocycles. The molecule has 1 aliphatic heterocycles. The van der Waals surface area contributed by atoms with E-state index >= 15 is 0 Å². The molecule has 3 rings (SSSR count). The van der Waals surface area contributed by atoms with Crippen LogP contribution in [0.1, 0.15) is 29.8 Å². The van der Waals surface area contributed by atoms with E-state index < -0.39 is 22.0 Å². The molecule has 2 aromatic rings. The van der Waals surface area contributed by atoms with Gasteiger partial charge in [-0.15, -0.1) is 0 Å². The van der Waals surface area contributed by atoms with Crippen molar-refractivity contribution >= 4 is 21.8 Å². The number of hydrogen-bond donors (Lipinski definition) is 2. The van der Waals surface area contributed by atoms with E-state index in [4.69, 9.17) is 9.47 Å². The summed E-state index contributed by atoms with van der Waals surface area (Å²) in [7, 11) is -2.24. The van der Waals surface area contributed by atoms with Crippen LogP contribution in [0.3, 0.4) is 0 Å². The molecule has 1 aromatic carbocycles. The smallest absolute Gasteiger partial charge is 0.251 e. The van der Waals surface area contributed by atoms with Gasteiger partial charge in [0.05, 0.1) is 25.2 Å². The maximum atomic E-state index is 12.9. The molecule has 2 heterocycles. The van der Waals surface area contributed by atoms with E-state index in [-0.39, 0.29) is 41.9 Å². The molecule has 0 bridgehead atoms. The predicted octanol–water partition coefficient (Wildman–Crippen LogP) is 1.18. The zero-order chi connectivity index (χ0) is 24.7. The summed E-state index contributed by atoms with van der Waals surface area (Å²) >= 11 is 0. The first kappa shape index (κ1) is 25.6. The Labute approximate surface area is 199 Å². The summed E-state index contributed by atoms with van der Waals surface area (Å²) in [5.41, 5.74) is 0.960. The van der Waals surface area contributed by atoms with Crippen LogP contribution in [-0.2, 0) is 26.1 Å². The summed E-state index contributed by atoms with van der Waals surface area (Å²) in [6, 6.07) is 8.48. The number of carbonyl (C=O) groups is 2. The molecular weight excluding hydrogens is 460 g/mol. The number of morpholine rings is 1. The van der Waals surface area contributed by atoms with Gasteiger partial charge in [0.2, 0.25) is 21.8 Å². The highest BCUT2D eigenvalue weighted by Gasteiger charge is 2.28. The van der Waals surface area contributed by atoms with Crippen LogP contribution in [0.25, 0.3) is 0 Å². The van der Waals surface area contributed by atoms with Crippen LogP contribution in [0.4, 0.5) is 0 Å². The fourth-order valence-corrected chi connectivity index (χ4v) is 4.92. The molecule has 1 atom stereocenters. The number of carbonyl (C=O) groups excluding carboxylic acids is 2. The molecule has 0 aliphatic carbocycles. The summed E-state index contributed by atoms with van der Waals surface area (Å²) in [5, 5.41) is 5.55. The van der Waals surface area contributed by atoms with E-state index in [1.165, 1.54) is 35.7 Å². The van der Waals surface area contributed by atoms with Crippen LogP contribution in [0.5, 0.6) is 5.88 Å². The second-order valence-electron chi connectivity index (χ2n) is 8.16. The molecule has 184 valence electrons. The van der Waals surface area contributed by atoms with Crippen LogP contribution < -0.4 is 15.4 Å². The molecule has 2 amide bonds. The molecule has 0 radical (unpaired) electrons. The summed E-state index contributed by atoms with van der Waals surface area (Å²) in [6.07, 6.45) is 1.58. The first-order chi connectivity index (χ1) is 16.2. The Morgan fingerprint density at radius 2 is 1.91 bits per heavy atom. The van der Waals surface area contributed by atoms with Gasteiger partial charge in [-0.2, -0.15) is 4.31 Å². The summed E-state index contributed by atoms with van der Waals surface area (Å²) < 4.78 is 37.5. The Bertz CT molecular complexity index is 1120. The molecule has 1 fully saturated rings. The van der Waals surface area contributed by atoms with Gasteiger partial charge >= 0.3 is 0 Å². The lowest BCUT2D eigenvalue weighted by Gasteiger charge is -2.26. The molecule has 2 N–H and O–H groups in total. The van der Waals surface area contributed by atoms with Crippen molar-refractivity contribution < 1.29 is 27.5 Å². The number of nitrogens with zero attached hydrogens (tertiary/aromatic N) is 2. The fourth-order valence-electron chi connectivity index (χ4n) is 3.46. The zero-order valence-corrected chi connectivity index (χ0v) is 20.3. The van der Waals surface area contributed by atoms with Crippen molar-refractivity contribution in [3.63, 3.8) is 0 Å². The van der Waals surface area contributed by atoms with Crippen molar-refractivity contribution in [3.8, 4) is 5.88 Å². The lowest BCUT2D eigenvalue weighted by Crippen LogP contribution is -2.49. The predicted molar refractivity (Wildman–Crippen MR) is 125 cm³/mol. The average Bonchev–Trinajstić information content (AvgIpc) is 2.86. The number of nitrogens with one attached hydrogen (secondary N) is 2. The maximum Gasteiger partial charge on any atom is 0.251 e. The number of amides is 2. The third-order valence-corrected chi connectivity index (χ3v) is 7.31. The van der Waals surface area contributed by atoms with Crippen LogP contribution in [0.2, 0.25) is 0 Å². The normalized spacial score (nSPS) is 15.5. The van der Waals surface area contributed by atoms with Gasteiger partial charge in [-0.05, 0) is 35.7 Å². The molecule has 1 saturated heterocycles. The molecule has 0 unspecified atom stereocenters. The number of pyridine rings is 1. The number of ether oxygens (including phenoxy) is 2. The molecule has 11 heteroatoms. The van der Waals surface area contributed by atoms with Gasteiger partial charge in [-0.3, -0.25) is 9.59 Å². The van der Waals surface area contributed by atoms with E-state index in [0.717, 1.165) is 5.56 Å². The van der Waals surface area contributed by atoms with E-state index in [1.54, 1.807) is 18.3 Å². The number of rotatable bonds is 9. The van der Waals surface area contributed by atoms with Gasteiger partial charge < -0.3 is 20.1 Å². The highest BCUT2D eigenvalue weighted by molar-refractivity contribution is 7.89. The number of aromatic nitrogens is 1. The Balaban J connectivity index is 1.69. The largest absolute Gasteiger partial charge is 0.481 e. The SMILES string of the molecule is COc1cc(CNC(=O)[C@@H](NC(=O)c2cccc(S(=O)(=O)N3CCOCC3)c2)C(C)C)ccn1. The third kappa shape index (κ3) is 6.31. The highest BCUT2D eigenvalue weighted by Crippen LogP contribution is 2.19. The number of sulfonamides is 1. The second kappa shape index (κ2) is 11.4. The molecular formula is C23H30N4O6S. The van der Waals surface area contributed by atoms with Crippen molar-refractivity contribution in [3.05, 3.63) is 53.7 Å². The third-order valence-electron chi connectivity index (χ3n) is 5.41. The van der Waals surface area contributed by atoms with Crippen LogP contribution in [0.15, 0.2) is 47.5 Å². The first-order valence-corrected chi connectivity index (χ1v) is 12.4. The van der Waals surface area contributed by atoms with Crippen molar-refractivity contribution in [1.82, 2.24) is 19.9 Å². The summed E-state index contributed by atoms with van der Waals surface area (Å²) in [4.78, 5) is 29.8. The van der Waals surface area contributed by atoms with Crippen molar-refractivity contribution in [2.45, 2.75) is 31.3 Å². The van der Waals surface area contributed by atoms with E-state index in [1.807, 2.05) is 13.8 Å². The lowest BCUT2D eigenvalue weighted by atomic mass is 10.0. The first-order valence-electron chi connectivity index (χ1n) is 11.0. The Hall–Kier alpha value is -3.02. The van der Waals surface area contributed by atoms with E-state index in [0.29, 0.717) is 19.1 Å². The minimum atomic E-state index is -3.75. The Morgan fingerprint density at radius 3 is 2.59 bits per heavy atom. The molecule has 1 aliphatic rings. The number of methoxy groups -OCH3 is 1. The zero-order valence-electron chi connectivity index (χ0n) is 19.5. The Kier molecular flexibility index (Phi) is 8.59. The molecule has 10 nitrogen and oxygen atoms in total. The minimum absolute atomic E-state index is 0.0271. The van der Waals surface area contributed by atoms with Crippen LogP contribution in [0, 0.1) is 5.92 Å². The monoisotopic (exact) mass is 490 g/mol. The summed E-state index contributed by atoms with van der Waals surface area (Å²) in [5.74, 6) is -0.641. The number of hydrogen-bond acceptors (Lipinski definition) is 7. The van der Waals surface area contributed by atoms with Gasteiger partial charge in [-0.25, -0.2) is 13.4 Å². The molecule has 1 aromatic heterocycles. The van der Waals surface area contributed by atoms with Gasteiger partial charge in [0, 0.05) is 37.5 Å². The lowest BCUT2D eigenvalue weighted by molar-refractivity contribution is -0.124. The van der Waals surface area contributed by atoms with Crippen LogP contribution >= 0.6 is 0 Å².